The lowest BCUT2D eigenvalue weighted by atomic mass is 9.93. The molecule has 4 rings (SSSR count). The van der Waals surface area contributed by atoms with Crippen LogP contribution in [0.5, 0.6) is 0 Å². The van der Waals surface area contributed by atoms with Gasteiger partial charge < -0.3 is 5.32 Å². The number of Topliss-reactive ketones (excluding diaryl/α,β-unsaturated/α-hetero) is 1. The van der Waals surface area contributed by atoms with Crippen LogP contribution in [0.3, 0.4) is 0 Å². The van der Waals surface area contributed by atoms with Gasteiger partial charge in [-0.2, -0.15) is 26.3 Å². The third-order valence-corrected chi connectivity index (χ3v) is 5.00. The van der Waals surface area contributed by atoms with Gasteiger partial charge in [0, 0.05) is 40.3 Å². The summed E-state index contributed by atoms with van der Waals surface area (Å²) in [5, 5.41) is 2.21. The van der Waals surface area contributed by atoms with Gasteiger partial charge in [-0.05, 0) is 23.6 Å². The standard InChI is InChI=1S/C23H14F6N2O/c24-22(25,26)19-13(11-30-14-6-2-1-3-7-14)12-31-20-16-9-5-4-8-15(16)17(10-18(19)20)21(32)23(27,28)29/h1-10,12,30H,11H2. The Balaban J connectivity index is 1.98. The Hall–Kier alpha value is -3.62. The van der Waals surface area contributed by atoms with E-state index in [-0.39, 0.29) is 28.4 Å². The molecule has 0 aliphatic rings. The number of pyridine rings is 1. The third kappa shape index (κ3) is 3.98. The average Bonchev–Trinajstić information content (AvgIpc) is 2.75. The number of halogens is 6. The van der Waals surface area contributed by atoms with E-state index < -0.39 is 34.6 Å². The number of anilines is 1. The van der Waals surface area contributed by atoms with E-state index in [2.05, 4.69) is 10.3 Å². The highest BCUT2D eigenvalue weighted by atomic mass is 19.4. The van der Waals surface area contributed by atoms with Crippen molar-refractivity contribution >= 4 is 33.1 Å². The van der Waals surface area contributed by atoms with Gasteiger partial charge in [0.15, 0.2) is 0 Å². The fraction of sp³-hybridized carbons (Fsp3) is 0.130. The van der Waals surface area contributed by atoms with Crippen molar-refractivity contribution in [2.24, 2.45) is 0 Å². The molecule has 0 spiro atoms. The molecule has 0 atom stereocenters. The minimum absolute atomic E-state index is 0.0330. The lowest BCUT2D eigenvalue weighted by Crippen LogP contribution is -2.23. The number of nitrogens with zero attached hydrogens (tertiary/aromatic N) is 1. The molecule has 0 aliphatic heterocycles. The molecule has 0 fully saturated rings. The lowest BCUT2D eigenvalue weighted by Gasteiger charge is -2.18. The molecule has 1 aromatic heterocycles. The van der Waals surface area contributed by atoms with Crippen molar-refractivity contribution in [2.45, 2.75) is 18.9 Å². The number of rotatable bonds is 4. The summed E-state index contributed by atoms with van der Waals surface area (Å²) >= 11 is 0. The molecule has 3 nitrogen and oxygen atoms in total. The highest BCUT2D eigenvalue weighted by Gasteiger charge is 2.41. The zero-order valence-electron chi connectivity index (χ0n) is 16.2. The topological polar surface area (TPSA) is 42.0 Å². The predicted molar refractivity (Wildman–Crippen MR) is 108 cm³/mol. The summed E-state index contributed by atoms with van der Waals surface area (Å²) in [6, 6.07) is 14.6. The van der Waals surface area contributed by atoms with Crippen molar-refractivity contribution in [1.29, 1.82) is 0 Å². The SMILES string of the molecule is O=C(c1cc2c(C(F)(F)F)c(CNc3ccccc3)cnc2c2ccccc12)C(F)(F)F. The first-order valence-corrected chi connectivity index (χ1v) is 9.38. The molecule has 0 saturated heterocycles. The van der Waals surface area contributed by atoms with E-state index in [0.29, 0.717) is 11.8 Å². The van der Waals surface area contributed by atoms with Gasteiger partial charge in [0.2, 0.25) is 0 Å². The second-order valence-corrected chi connectivity index (χ2v) is 7.07. The smallest absolute Gasteiger partial charge is 0.381 e. The zero-order chi connectivity index (χ0) is 23.1. The Bertz CT molecular complexity index is 1310. The van der Waals surface area contributed by atoms with Crippen LogP contribution >= 0.6 is 0 Å². The molecule has 4 aromatic rings. The van der Waals surface area contributed by atoms with Crippen LogP contribution in [0.1, 0.15) is 21.5 Å². The van der Waals surface area contributed by atoms with Crippen molar-refractivity contribution in [1.82, 2.24) is 4.98 Å². The fourth-order valence-corrected chi connectivity index (χ4v) is 3.63. The van der Waals surface area contributed by atoms with Crippen molar-refractivity contribution in [3.8, 4) is 0 Å². The van der Waals surface area contributed by atoms with Gasteiger partial charge in [0.1, 0.15) is 0 Å². The van der Waals surface area contributed by atoms with Crippen LogP contribution < -0.4 is 5.32 Å². The van der Waals surface area contributed by atoms with Crippen LogP contribution in [0.15, 0.2) is 66.9 Å². The largest absolute Gasteiger partial charge is 0.454 e. The highest BCUT2D eigenvalue weighted by Crippen LogP contribution is 2.40. The van der Waals surface area contributed by atoms with Gasteiger partial charge in [-0.3, -0.25) is 9.78 Å². The first kappa shape index (κ1) is 21.6. The maximum atomic E-state index is 14.1. The normalized spacial score (nSPS) is 12.3. The molecule has 3 aromatic carbocycles. The number of aromatic nitrogens is 1. The van der Waals surface area contributed by atoms with Crippen molar-refractivity contribution in [2.75, 3.05) is 5.32 Å². The Labute approximate surface area is 177 Å². The van der Waals surface area contributed by atoms with E-state index in [4.69, 9.17) is 0 Å². The first-order chi connectivity index (χ1) is 15.1. The van der Waals surface area contributed by atoms with Crippen LogP contribution in [0, 0.1) is 0 Å². The number of carbonyl (C=O) groups excluding carboxylic acids is 1. The quantitative estimate of drug-likeness (QED) is 0.213. The molecule has 0 unspecified atom stereocenters. The number of ketones is 1. The first-order valence-electron chi connectivity index (χ1n) is 9.38. The second kappa shape index (κ2) is 7.81. The van der Waals surface area contributed by atoms with E-state index in [0.717, 1.165) is 6.20 Å². The minimum Gasteiger partial charge on any atom is -0.381 e. The number of para-hydroxylation sites is 1. The van der Waals surface area contributed by atoms with Gasteiger partial charge in [0.25, 0.3) is 5.78 Å². The Morgan fingerprint density at radius 1 is 0.844 bits per heavy atom. The molecule has 0 bridgehead atoms. The van der Waals surface area contributed by atoms with Gasteiger partial charge in [0.05, 0.1) is 11.1 Å². The Morgan fingerprint density at radius 2 is 1.47 bits per heavy atom. The molecular weight excluding hydrogens is 434 g/mol. The van der Waals surface area contributed by atoms with Gasteiger partial charge >= 0.3 is 12.4 Å². The van der Waals surface area contributed by atoms with Gasteiger partial charge in [-0.15, -0.1) is 0 Å². The monoisotopic (exact) mass is 448 g/mol. The number of nitrogens with one attached hydrogen (secondary N) is 1. The summed E-state index contributed by atoms with van der Waals surface area (Å²) in [5.74, 6) is -2.21. The van der Waals surface area contributed by atoms with E-state index in [1.165, 1.54) is 24.3 Å². The molecule has 0 amide bonds. The van der Waals surface area contributed by atoms with Gasteiger partial charge in [-0.1, -0.05) is 42.5 Å². The number of alkyl halides is 6. The average molecular weight is 448 g/mol. The Morgan fingerprint density at radius 3 is 2.09 bits per heavy atom. The van der Waals surface area contributed by atoms with Crippen LogP contribution in [0.4, 0.5) is 32.0 Å². The second-order valence-electron chi connectivity index (χ2n) is 7.07. The van der Waals surface area contributed by atoms with Crippen LogP contribution in [-0.2, 0) is 12.7 Å². The summed E-state index contributed by atoms with van der Waals surface area (Å²) in [4.78, 5) is 16.2. The van der Waals surface area contributed by atoms with Crippen molar-refractivity contribution in [3.05, 3.63) is 83.6 Å². The molecule has 9 heteroatoms. The van der Waals surface area contributed by atoms with Crippen LogP contribution in [0.2, 0.25) is 0 Å². The zero-order valence-corrected chi connectivity index (χ0v) is 16.2. The molecule has 1 heterocycles. The number of fused-ring (bicyclic) bond motifs is 3. The van der Waals surface area contributed by atoms with E-state index in [1.54, 1.807) is 30.3 Å². The Kier molecular flexibility index (Phi) is 5.28. The number of hydrogen-bond acceptors (Lipinski definition) is 3. The van der Waals surface area contributed by atoms with Crippen LogP contribution in [0.25, 0.3) is 21.7 Å². The molecular formula is C23H14F6N2O. The van der Waals surface area contributed by atoms with Crippen molar-refractivity contribution < 1.29 is 31.1 Å². The van der Waals surface area contributed by atoms with E-state index in [1.807, 2.05) is 0 Å². The van der Waals surface area contributed by atoms with E-state index in [9.17, 15) is 31.1 Å². The highest BCUT2D eigenvalue weighted by molar-refractivity contribution is 6.18. The number of hydrogen-bond donors (Lipinski definition) is 1. The van der Waals surface area contributed by atoms with Crippen LogP contribution in [-0.4, -0.2) is 16.9 Å². The van der Waals surface area contributed by atoms with E-state index >= 15 is 0 Å². The summed E-state index contributed by atoms with van der Waals surface area (Å²) < 4.78 is 81.9. The third-order valence-electron chi connectivity index (χ3n) is 5.00. The molecule has 0 aliphatic carbocycles. The molecule has 0 radical (unpaired) electrons. The summed E-state index contributed by atoms with van der Waals surface area (Å²) in [6.45, 7) is -0.267. The van der Waals surface area contributed by atoms with Crippen molar-refractivity contribution in [3.63, 3.8) is 0 Å². The van der Waals surface area contributed by atoms with Gasteiger partial charge in [-0.25, -0.2) is 0 Å². The molecule has 164 valence electrons. The maximum Gasteiger partial charge on any atom is 0.454 e. The lowest BCUT2D eigenvalue weighted by molar-refractivity contribution is -0.136. The minimum atomic E-state index is -5.24. The summed E-state index contributed by atoms with van der Waals surface area (Å²) in [6.07, 6.45) is -9.08. The predicted octanol–water partition coefficient (Wildman–Crippen LogP) is 6.76. The molecule has 1 N–H and O–H groups in total. The maximum absolute atomic E-state index is 14.1. The molecule has 0 saturated carbocycles. The summed E-state index contributed by atoms with van der Waals surface area (Å²) in [7, 11) is 0. The summed E-state index contributed by atoms with van der Waals surface area (Å²) in [5.41, 5.74) is -1.80. The fourth-order valence-electron chi connectivity index (χ4n) is 3.63. The number of carbonyl (C=O) groups is 1. The molecule has 32 heavy (non-hydrogen) atoms. The number of benzene rings is 3.